The summed E-state index contributed by atoms with van der Waals surface area (Å²) in [6.07, 6.45) is 2.57. The molecule has 0 saturated heterocycles. The highest BCUT2D eigenvalue weighted by atomic mass is 16.5. The molecule has 0 amide bonds. The smallest absolute Gasteiger partial charge is 0.161 e. The molecule has 1 N–H and O–H groups in total. The van der Waals surface area contributed by atoms with Gasteiger partial charge in [0.25, 0.3) is 0 Å². The fourth-order valence-corrected chi connectivity index (χ4v) is 2.07. The van der Waals surface area contributed by atoms with Gasteiger partial charge in [-0.25, -0.2) is 0 Å². The lowest BCUT2D eigenvalue weighted by atomic mass is 10.2. The number of nitrogens with zero attached hydrogens (tertiary/aromatic N) is 3. The quantitative estimate of drug-likeness (QED) is 0.748. The molecular formula is C15H22N4O2. The van der Waals surface area contributed by atoms with Gasteiger partial charge in [0.2, 0.25) is 0 Å². The van der Waals surface area contributed by atoms with E-state index in [4.69, 9.17) is 9.47 Å². The minimum absolute atomic E-state index is 0.624. The van der Waals surface area contributed by atoms with Gasteiger partial charge in [-0.1, -0.05) is 6.07 Å². The topological polar surface area (TPSA) is 61.2 Å². The molecule has 1 heterocycles. The first-order valence-corrected chi connectivity index (χ1v) is 7.08. The number of ether oxygens (including phenoxy) is 2. The molecule has 21 heavy (non-hydrogen) atoms. The fourth-order valence-electron chi connectivity index (χ4n) is 2.07. The summed E-state index contributed by atoms with van der Waals surface area (Å²) < 4.78 is 12.8. The monoisotopic (exact) mass is 290 g/mol. The summed E-state index contributed by atoms with van der Waals surface area (Å²) in [6, 6.07) is 5.99. The third-order valence-corrected chi connectivity index (χ3v) is 3.19. The Morgan fingerprint density at radius 1 is 1.29 bits per heavy atom. The first kappa shape index (κ1) is 15.3. The third-order valence-electron chi connectivity index (χ3n) is 3.19. The van der Waals surface area contributed by atoms with E-state index in [2.05, 4.69) is 15.5 Å². The second-order valence-corrected chi connectivity index (χ2v) is 4.70. The molecule has 2 aromatic rings. The van der Waals surface area contributed by atoms with Gasteiger partial charge in [0, 0.05) is 26.6 Å². The van der Waals surface area contributed by atoms with Crippen LogP contribution in [0.3, 0.4) is 0 Å². The molecule has 6 nitrogen and oxygen atoms in total. The number of aryl methyl sites for hydroxylation is 1. The maximum Gasteiger partial charge on any atom is 0.161 e. The lowest BCUT2D eigenvalue weighted by molar-refractivity contribution is 0.310. The number of methoxy groups -OCH3 is 1. The van der Waals surface area contributed by atoms with Crippen molar-refractivity contribution < 1.29 is 9.47 Å². The van der Waals surface area contributed by atoms with E-state index in [1.165, 1.54) is 0 Å². The number of aromatic nitrogens is 3. The normalized spacial score (nSPS) is 10.6. The molecule has 6 heteroatoms. The largest absolute Gasteiger partial charge is 0.493 e. The molecule has 0 fully saturated rings. The zero-order valence-electron chi connectivity index (χ0n) is 12.8. The Kier molecular flexibility index (Phi) is 5.57. The molecule has 0 saturated carbocycles. The molecule has 114 valence electrons. The van der Waals surface area contributed by atoms with Crippen molar-refractivity contribution in [2.75, 3.05) is 20.3 Å². The van der Waals surface area contributed by atoms with Gasteiger partial charge in [0.1, 0.15) is 12.2 Å². The predicted octanol–water partition coefficient (Wildman–Crippen LogP) is 1.55. The van der Waals surface area contributed by atoms with Crippen LogP contribution in [0.5, 0.6) is 11.5 Å². The van der Waals surface area contributed by atoms with Crippen LogP contribution in [-0.2, 0) is 20.0 Å². The van der Waals surface area contributed by atoms with Gasteiger partial charge in [-0.05, 0) is 24.6 Å². The molecule has 1 aromatic carbocycles. The maximum absolute atomic E-state index is 5.58. The minimum Gasteiger partial charge on any atom is -0.493 e. The highest BCUT2D eigenvalue weighted by molar-refractivity contribution is 5.42. The second kappa shape index (κ2) is 7.64. The van der Waals surface area contributed by atoms with E-state index in [1.807, 2.05) is 36.7 Å². The van der Waals surface area contributed by atoms with Gasteiger partial charge in [0.15, 0.2) is 11.5 Å². The lowest BCUT2D eigenvalue weighted by Crippen LogP contribution is -2.18. The van der Waals surface area contributed by atoms with Crippen LogP contribution >= 0.6 is 0 Å². The molecule has 0 unspecified atom stereocenters. The van der Waals surface area contributed by atoms with Crippen LogP contribution in [0.15, 0.2) is 24.5 Å². The third kappa shape index (κ3) is 4.19. The van der Waals surface area contributed by atoms with Crippen LogP contribution in [0.25, 0.3) is 0 Å². The van der Waals surface area contributed by atoms with Gasteiger partial charge >= 0.3 is 0 Å². The molecule has 0 atom stereocenters. The zero-order valence-corrected chi connectivity index (χ0v) is 12.8. The van der Waals surface area contributed by atoms with Crippen LogP contribution in [0.1, 0.15) is 18.3 Å². The zero-order chi connectivity index (χ0) is 15.1. The van der Waals surface area contributed by atoms with Crippen molar-refractivity contribution >= 4 is 0 Å². The van der Waals surface area contributed by atoms with Crippen molar-refractivity contribution in [1.82, 2.24) is 20.1 Å². The fraction of sp³-hybridized carbons (Fsp3) is 0.467. The summed E-state index contributed by atoms with van der Waals surface area (Å²) in [5.74, 6) is 2.53. The van der Waals surface area contributed by atoms with Crippen molar-refractivity contribution in [1.29, 1.82) is 0 Å². The molecule has 1 aromatic heterocycles. The van der Waals surface area contributed by atoms with Crippen LogP contribution in [-0.4, -0.2) is 35.0 Å². The van der Waals surface area contributed by atoms with E-state index in [0.717, 1.165) is 42.4 Å². The standard InChI is InChI=1S/C15H22N4O2/c1-4-21-14-9-12(5-6-13(14)20-3)10-16-8-7-15-18-17-11-19(15)2/h5-6,9,11,16H,4,7-8,10H2,1-3H3. The van der Waals surface area contributed by atoms with E-state index in [-0.39, 0.29) is 0 Å². The van der Waals surface area contributed by atoms with Gasteiger partial charge < -0.3 is 19.4 Å². The molecule has 0 radical (unpaired) electrons. The Hall–Kier alpha value is -2.08. The SMILES string of the molecule is CCOc1cc(CNCCc2nncn2C)ccc1OC. The van der Waals surface area contributed by atoms with Crippen molar-refractivity contribution in [3.05, 3.63) is 35.9 Å². The van der Waals surface area contributed by atoms with Crippen LogP contribution < -0.4 is 14.8 Å². The highest BCUT2D eigenvalue weighted by Crippen LogP contribution is 2.27. The molecule has 0 aliphatic rings. The molecule has 2 rings (SSSR count). The molecule has 0 bridgehead atoms. The molecular weight excluding hydrogens is 268 g/mol. The van der Waals surface area contributed by atoms with E-state index in [0.29, 0.717) is 6.61 Å². The van der Waals surface area contributed by atoms with E-state index in [9.17, 15) is 0 Å². The lowest BCUT2D eigenvalue weighted by Gasteiger charge is -2.11. The van der Waals surface area contributed by atoms with Gasteiger partial charge in [-0.3, -0.25) is 0 Å². The molecule has 0 spiro atoms. The van der Waals surface area contributed by atoms with Crippen LogP contribution in [0, 0.1) is 0 Å². The summed E-state index contributed by atoms with van der Waals surface area (Å²) >= 11 is 0. The number of benzene rings is 1. The van der Waals surface area contributed by atoms with E-state index < -0.39 is 0 Å². The Bertz CT molecular complexity index is 569. The Labute approximate surface area is 125 Å². The number of rotatable bonds is 8. The first-order chi connectivity index (χ1) is 10.2. The second-order valence-electron chi connectivity index (χ2n) is 4.70. The Morgan fingerprint density at radius 2 is 2.14 bits per heavy atom. The number of nitrogens with one attached hydrogen (secondary N) is 1. The van der Waals surface area contributed by atoms with Gasteiger partial charge in [-0.2, -0.15) is 0 Å². The van der Waals surface area contributed by atoms with Gasteiger partial charge in [-0.15, -0.1) is 10.2 Å². The Balaban J connectivity index is 1.85. The van der Waals surface area contributed by atoms with Crippen molar-refractivity contribution in [2.24, 2.45) is 7.05 Å². The number of hydrogen-bond donors (Lipinski definition) is 1. The van der Waals surface area contributed by atoms with E-state index >= 15 is 0 Å². The van der Waals surface area contributed by atoms with Crippen LogP contribution in [0.2, 0.25) is 0 Å². The number of hydrogen-bond acceptors (Lipinski definition) is 5. The van der Waals surface area contributed by atoms with Crippen LogP contribution in [0.4, 0.5) is 0 Å². The summed E-state index contributed by atoms with van der Waals surface area (Å²) in [5.41, 5.74) is 1.16. The van der Waals surface area contributed by atoms with Crippen molar-refractivity contribution in [2.45, 2.75) is 19.9 Å². The summed E-state index contributed by atoms with van der Waals surface area (Å²) in [6.45, 7) is 4.22. The first-order valence-electron chi connectivity index (χ1n) is 7.08. The van der Waals surface area contributed by atoms with E-state index in [1.54, 1.807) is 13.4 Å². The predicted molar refractivity (Wildman–Crippen MR) is 80.6 cm³/mol. The minimum atomic E-state index is 0.624. The molecule has 0 aliphatic heterocycles. The maximum atomic E-state index is 5.58. The van der Waals surface area contributed by atoms with Gasteiger partial charge in [0.05, 0.1) is 13.7 Å². The van der Waals surface area contributed by atoms with Crippen molar-refractivity contribution in [3.63, 3.8) is 0 Å². The highest BCUT2D eigenvalue weighted by Gasteiger charge is 2.05. The summed E-state index contributed by atoms with van der Waals surface area (Å²) in [5, 5.41) is 11.3. The average molecular weight is 290 g/mol. The van der Waals surface area contributed by atoms with Crippen molar-refractivity contribution in [3.8, 4) is 11.5 Å². The Morgan fingerprint density at radius 3 is 2.81 bits per heavy atom. The average Bonchev–Trinajstić information content (AvgIpc) is 2.90. The summed E-state index contributed by atoms with van der Waals surface area (Å²) in [7, 11) is 3.60. The summed E-state index contributed by atoms with van der Waals surface area (Å²) in [4.78, 5) is 0. The molecule has 0 aliphatic carbocycles.